The first-order chi connectivity index (χ1) is 17.8. The Bertz CT molecular complexity index is 1110. The number of nitrogens with one attached hydrogen (secondary N) is 2. The first-order valence-electron chi connectivity index (χ1n) is 13.3. The van der Waals surface area contributed by atoms with Crippen LogP contribution in [-0.4, -0.2) is 59.8 Å². The average Bonchev–Trinajstić information content (AvgIpc) is 2.87. The molecule has 1 aromatic heterocycles. The number of carbonyl (C=O) groups is 2. The van der Waals surface area contributed by atoms with Gasteiger partial charge in [0.2, 0.25) is 5.95 Å². The first kappa shape index (κ1) is 27.3. The summed E-state index contributed by atoms with van der Waals surface area (Å²) in [5.74, 6) is 1.84. The van der Waals surface area contributed by atoms with Crippen LogP contribution in [0.3, 0.4) is 0 Å². The minimum atomic E-state index is -0.109. The van der Waals surface area contributed by atoms with Gasteiger partial charge in [0.05, 0.1) is 29.7 Å². The summed E-state index contributed by atoms with van der Waals surface area (Å²) in [6, 6.07) is 5.46. The second-order valence-corrected chi connectivity index (χ2v) is 10.9. The number of anilines is 2. The molecule has 8 nitrogen and oxygen atoms in total. The van der Waals surface area contributed by atoms with Gasteiger partial charge in [-0.1, -0.05) is 24.4 Å². The normalized spacial score (nSPS) is 22.3. The van der Waals surface area contributed by atoms with E-state index in [1.807, 2.05) is 6.07 Å². The molecule has 2 N–H and O–H groups in total. The maximum Gasteiger partial charge on any atom is 0.251 e. The van der Waals surface area contributed by atoms with Crippen LogP contribution in [0.4, 0.5) is 11.6 Å². The Morgan fingerprint density at radius 2 is 1.95 bits per heavy atom. The number of carbonyl (C=O) groups excluding carboxylic acids is 2. The number of hydrogen-bond donors (Lipinski definition) is 2. The molecule has 0 radical (unpaired) electrons. The number of methoxy groups -OCH3 is 1. The minimum Gasteiger partial charge on any atom is -0.495 e. The molecule has 2 aromatic rings. The number of likely N-dealkylation sites (N-methyl/N-ethyl adjacent to an activating group) is 1. The highest BCUT2D eigenvalue weighted by molar-refractivity contribution is 6.31. The van der Waals surface area contributed by atoms with Crippen molar-refractivity contribution < 1.29 is 14.3 Å². The van der Waals surface area contributed by atoms with Gasteiger partial charge in [-0.2, -0.15) is 0 Å². The molecule has 1 aliphatic heterocycles. The number of benzene rings is 1. The number of piperidine rings is 1. The lowest BCUT2D eigenvalue weighted by Gasteiger charge is -2.31. The zero-order chi connectivity index (χ0) is 26.4. The van der Waals surface area contributed by atoms with Gasteiger partial charge >= 0.3 is 0 Å². The van der Waals surface area contributed by atoms with Gasteiger partial charge in [-0.15, -0.1) is 0 Å². The van der Waals surface area contributed by atoms with E-state index in [9.17, 15) is 9.59 Å². The van der Waals surface area contributed by atoms with Crippen LogP contribution in [-0.2, 0) is 11.2 Å². The van der Waals surface area contributed by atoms with Gasteiger partial charge in [-0.3, -0.25) is 4.79 Å². The summed E-state index contributed by atoms with van der Waals surface area (Å²) < 4.78 is 5.58. The van der Waals surface area contributed by atoms with Crippen LogP contribution in [0, 0.1) is 11.8 Å². The third-order valence-electron chi connectivity index (χ3n) is 7.56. The van der Waals surface area contributed by atoms with Crippen LogP contribution in [0.2, 0.25) is 5.02 Å². The Morgan fingerprint density at radius 1 is 1.16 bits per heavy atom. The Kier molecular flexibility index (Phi) is 9.38. The van der Waals surface area contributed by atoms with E-state index in [-0.39, 0.29) is 17.7 Å². The smallest absolute Gasteiger partial charge is 0.251 e. The van der Waals surface area contributed by atoms with Gasteiger partial charge in [-0.25, -0.2) is 9.97 Å². The van der Waals surface area contributed by atoms with Crippen molar-refractivity contribution >= 4 is 34.9 Å². The molecule has 0 spiro atoms. The van der Waals surface area contributed by atoms with E-state index in [1.54, 1.807) is 32.4 Å². The van der Waals surface area contributed by atoms with Crippen LogP contribution in [0.15, 0.2) is 24.4 Å². The maximum atomic E-state index is 12.9. The fraction of sp³-hybridized carbons (Fsp3) is 0.571. The number of hydrogen-bond acceptors (Lipinski definition) is 7. The van der Waals surface area contributed by atoms with Gasteiger partial charge in [0, 0.05) is 24.6 Å². The van der Waals surface area contributed by atoms with Gasteiger partial charge in [0.25, 0.3) is 5.91 Å². The molecule has 2 heterocycles. The third kappa shape index (κ3) is 7.42. The second kappa shape index (κ2) is 12.7. The molecule has 0 bridgehead atoms. The Balaban J connectivity index is 1.45. The lowest BCUT2D eigenvalue weighted by Crippen LogP contribution is -2.46. The summed E-state index contributed by atoms with van der Waals surface area (Å²) in [5.41, 5.74) is 1.99. The van der Waals surface area contributed by atoms with Crippen LogP contribution >= 0.6 is 11.6 Å². The van der Waals surface area contributed by atoms with Crippen molar-refractivity contribution in [2.75, 3.05) is 32.6 Å². The minimum absolute atomic E-state index is 0.109. The molecule has 1 saturated heterocycles. The highest BCUT2D eigenvalue weighted by atomic mass is 35.5. The summed E-state index contributed by atoms with van der Waals surface area (Å²) >= 11 is 6.48. The zero-order valence-corrected chi connectivity index (χ0v) is 22.8. The number of nitrogens with zero attached hydrogens (tertiary/aromatic N) is 3. The summed E-state index contributed by atoms with van der Waals surface area (Å²) in [6.45, 7) is 3.59. The average molecular weight is 528 g/mol. The number of rotatable bonds is 9. The van der Waals surface area contributed by atoms with Crippen LogP contribution in [0.25, 0.3) is 0 Å². The van der Waals surface area contributed by atoms with Crippen LogP contribution in [0.5, 0.6) is 5.75 Å². The van der Waals surface area contributed by atoms with E-state index >= 15 is 0 Å². The number of aromatic nitrogens is 2. The molecule has 3 atom stereocenters. The van der Waals surface area contributed by atoms with Crippen LogP contribution < -0.4 is 15.4 Å². The van der Waals surface area contributed by atoms with E-state index in [4.69, 9.17) is 21.3 Å². The molecular weight excluding hydrogens is 490 g/mol. The molecule has 1 unspecified atom stereocenters. The SMILES string of the molecule is COc1cc(C(=O)NC2CCCN(C)C2)ccc1Nc1ncc(Cl)c(C[C@@H]2CCCC[C@H]2CC(C)=O)n1. The number of likely N-dealkylation sites (tertiary alicyclic amines) is 1. The number of ketones is 1. The summed E-state index contributed by atoms with van der Waals surface area (Å²) in [4.78, 5) is 35.9. The predicted molar refractivity (Wildman–Crippen MR) is 146 cm³/mol. The van der Waals surface area contributed by atoms with Gasteiger partial charge in [0.1, 0.15) is 11.5 Å². The fourth-order valence-electron chi connectivity index (χ4n) is 5.65. The predicted octanol–water partition coefficient (Wildman–Crippen LogP) is 5.03. The van der Waals surface area contributed by atoms with Crippen molar-refractivity contribution in [2.45, 2.75) is 64.3 Å². The maximum absolute atomic E-state index is 12.9. The fourth-order valence-corrected chi connectivity index (χ4v) is 5.82. The van der Waals surface area contributed by atoms with Crippen molar-refractivity contribution in [3.8, 4) is 5.75 Å². The topological polar surface area (TPSA) is 96.5 Å². The highest BCUT2D eigenvalue weighted by Gasteiger charge is 2.27. The number of amides is 1. The molecule has 2 fully saturated rings. The Hall–Kier alpha value is -2.71. The van der Waals surface area contributed by atoms with Crippen molar-refractivity contribution in [3.05, 3.63) is 40.7 Å². The number of halogens is 1. The third-order valence-corrected chi connectivity index (χ3v) is 7.87. The van der Waals surface area contributed by atoms with Crippen molar-refractivity contribution in [2.24, 2.45) is 11.8 Å². The van der Waals surface area contributed by atoms with E-state index in [0.717, 1.165) is 50.9 Å². The molecule has 4 rings (SSSR count). The number of Topliss-reactive ketones (excluding diaryl/α,β-unsaturated/α-hetero) is 1. The highest BCUT2D eigenvalue weighted by Crippen LogP contribution is 2.36. The Labute approximate surface area is 224 Å². The second-order valence-electron chi connectivity index (χ2n) is 10.5. The van der Waals surface area contributed by atoms with Crippen molar-refractivity contribution in [1.82, 2.24) is 20.2 Å². The largest absolute Gasteiger partial charge is 0.495 e. The van der Waals surface area contributed by atoms with Gasteiger partial charge < -0.3 is 25.1 Å². The van der Waals surface area contributed by atoms with Crippen molar-refractivity contribution in [3.63, 3.8) is 0 Å². The number of ether oxygens (including phenoxy) is 1. The standard InChI is InChI=1S/C28H38ClN5O3/c1-18(35)13-19-7-4-5-8-20(19)14-25-23(29)16-30-28(33-25)32-24-11-10-21(15-26(24)37-3)27(36)31-22-9-6-12-34(2)17-22/h10-11,15-16,19-20,22H,4-9,12-14,17H2,1-3H3,(H,31,36)(H,30,32,33)/t19-,20-,22?/m0/s1. The lowest BCUT2D eigenvalue weighted by atomic mass is 9.75. The van der Waals surface area contributed by atoms with E-state index in [2.05, 4.69) is 27.6 Å². The molecular formula is C28H38ClN5O3. The summed E-state index contributed by atoms with van der Waals surface area (Å²) in [7, 11) is 3.65. The van der Waals surface area contributed by atoms with Crippen molar-refractivity contribution in [1.29, 1.82) is 0 Å². The monoisotopic (exact) mass is 527 g/mol. The molecule has 1 saturated carbocycles. The Morgan fingerprint density at radius 3 is 2.68 bits per heavy atom. The molecule has 37 heavy (non-hydrogen) atoms. The molecule has 2 aliphatic rings. The molecule has 9 heteroatoms. The van der Waals surface area contributed by atoms with E-state index < -0.39 is 0 Å². The van der Waals surface area contributed by atoms with E-state index in [0.29, 0.717) is 46.2 Å². The summed E-state index contributed by atoms with van der Waals surface area (Å²) in [6.07, 6.45) is 9.51. The van der Waals surface area contributed by atoms with Gasteiger partial charge in [-0.05, 0) is 82.7 Å². The first-order valence-corrected chi connectivity index (χ1v) is 13.7. The van der Waals surface area contributed by atoms with E-state index in [1.165, 1.54) is 12.8 Å². The molecule has 1 aliphatic carbocycles. The zero-order valence-electron chi connectivity index (χ0n) is 22.1. The molecule has 200 valence electrons. The quantitative estimate of drug-likeness (QED) is 0.472. The van der Waals surface area contributed by atoms with Gasteiger partial charge in [0.15, 0.2) is 0 Å². The van der Waals surface area contributed by atoms with Crippen LogP contribution in [0.1, 0.15) is 67.9 Å². The molecule has 1 amide bonds. The summed E-state index contributed by atoms with van der Waals surface area (Å²) in [5, 5.41) is 6.90. The molecule has 1 aromatic carbocycles. The lowest BCUT2D eigenvalue weighted by molar-refractivity contribution is -0.118.